The molecule has 1 aliphatic rings. The maximum atomic E-state index is 13.1. The number of benzene rings is 3. The van der Waals surface area contributed by atoms with E-state index in [2.05, 4.69) is 4.72 Å². The summed E-state index contributed by atoms with van der Waals surface area (Å²) in [6.45, 7) is 0. The third kappa shape index (κ3) is 4.72. The zero-order chi connectivity index (χ0) is 23.8. The fraction of sp³-hybridized carbons (Fsp3) is 0.167. The van der Waals surface area contributed by atoms with Crippen LogP contribution in [0.25, 0.3) is 0 Å². The molecule has 3 aromatic carbocycles. The highest BCUT2D eigenvalue weighted by molar-refractivity contribution is 7.92. The molecule has 0 saturated carbocycles. The predicted octanol–water partition coefficient (Wildman–Crippen LogP) is 4.60. The quantitative estimate of drug-likeness (QED) is 0.532. The normalized spacial score (nSPS) is 12.8. The molecule has 1 amide bonds. The molecule has 4 rings (SSSR count). The minimum Gasteiger partial charge on any atom is -0.478 e. The number of carboxylic acids is 1. The van der Waals surface area contributed by atoms with Gasteiger partial charge in [-0.1, -0.05) is 11.6 Å². The van der Waals surface area contributed by atoms with Crippen LogP contribution in [0.15, 0.2) is 65.6 Å². The maximum absolute atomic E-state index is 13.1. The molecule has 3 aromatic rings. The van der Waals surface area contributed by atoms with E-state index in [1.807, 2.05) is 0 Å². The Kier molecular flexibility index (Phi) is 6.14. The van der Waals surface area contributed by atoms with Crippen LogP contribution in [0.2, 0.25) is 5.02 Å². The molecule has 0 heterocycles. The number of nitrogens with zero attached hydrogens (tertiary/aromatic N) is 1. The summed E-state index contributed by atoms with van der Waals surface area (Å²) in [5.41, 5.74) is 2.73. The Labute approximate surface area is 196 Å². The number of fused-ring (bicyclic) bond motifs is 1. The summed E-state index contributed by atoms with van der Waals surface area (Å²) in [6.07, 6.45) is 2.02. The van der Waals surface area contributed by atoms with Gasteiger partial charge in [-0.2, -0.15) is 0 Å². The van der Waals surface area contributed by atoms with Gasteiger partial charge >= 0.3 is 5.97 Å². The van der Waals surface area contributed by atoms with Gasteiger partial charge in [0.25, 0.3) is 15.9 Å². The topological polar surface area (TPSA) is 104 Å². The molecule has 0 fully saturated rings. The number of anilines is 2. The Balaban J connectivity index is 1.56. The van der Waals surface area contributed by atoms with Gasteiger partial charge in [-0.25, -0.2) is 13.2 Å². The van der Waals surface area contributed by atoms with E-state index < -0.39 is 16.0 Å². The second-order valence-electron chi connectivity index (χ2n) is 7.79. The van der Waals surface area contributed by atoms with Crippen molar-refractivity contribution >= 4 is 44.9 Å². The van der Waals surface area contributed by atoms with Crippen molar-refractivity contribution in [3.05, 3.63) is 87.9 Å². The zero-order valence-electron chi connectivity index (χ0n) is 17.7. The van der Waals surface area contributed by atoms with E-state index in [0.717, 1.165) is 12.0 Å². The average molecular weight is 485 g/mol. The number of nitrogens with one attached hydrogen (secondary N) is 1. The zero-order valence-corrected chi connectivity index (χ0v) is 19.3. The van der Waals surface area contributed by atoms with Crippen molar-refractivity contribution in [2.75, 3.05) is 16.7 Å². The van der Waals surface area contributed by atoms with E-state index in [1.165, 1.54) is 11.0 Å². The van der Waals surface area contributed by atoms with Crippen molar-refractivity contribution < 1.29 is 23.1 Å². The summed E-state index contributed by atoms with van der Waals surface area (Å²) in [5, 5.41) is 9.90. The minimum atomic E-state index is -4.00. The minimum absolute atomic E-state index is 0.00555. The monoisotopic (exact) mass is 484 g/mol. The summed E-state index contributed by atoms with van der Waals surface area (Å²) < 4.78 is 28.7. The van der Waals surface area contributed by atoms with Crippen LogP contribution in [-0.2, 0) is 22.9 Å². The molecule has 2 N–H and O–H groups in total. The highest BCUT2D eigenvalue weighted by Gasteiger charge is 2.26. The predicted molar refractivity (Wildman–Crippen MR) is 127 cm³/mol. The van der Waals surface area contributed by atoms with Crippen LogP contribution in [0.1, 0.15) is 38.3 Å². The van der Waals surface area contributed by atoms with E-state index in [-0.39, 0.29) is 16.4 Å². The summed E-state index contributed by atoms with van der Waals surface area (Å²) in [6, 6.07) is 15.7. The van der Waals surface area contributed by atoms with E-state index in [1.54, 1.807) is 61.6 Å². The van der Waals surface area contributed by atoms with Gasteiger partial charge in [-0.05, 0) is 91.1 Å². The molecule has 0 unspecified atom stereocenters. The number of carboxylic acid groups (broad SMARTS) is 1. The van der Waals surface area contributed by atoms with E-state index in [0.29, 0.717) is 40.4 Å². The largest absolute Gasteiger partial charge is 0.478 e. The third-order valence-electron chi connectivity index (χ3n) is 5.61. The molecule has 0 atom stereocenters. The first-order valence-corrected chi connectivity index (χ1v) is 12.1. The second kappa shape index (κ2) is 8.88. The van der Waals surface area contributed by atoms with Gasteiger partial charge in [-0.3, -0.25) is 9.52 Å². The lowest BCUT2D eigenvalue weighted by Gasteiger charge is -2.18. The van der Waals surface area contributed by atoms with E-state index in [4.69, 9.17) is 11.6 Å². The fourth-order valence-corrected chi connectivity index (χ4v) is 5.42. The van der Waals surface area contributed by atoms with Gasteiger partial charge in [-0.15, -0.1) is 0 Å². The third-order valence-corrected chi connectivity index (χ3v) is 7.31. The van der Waals surface area contributed by atoms with Crippen LogP contribution in [0.4, 0.5) is 11.4 Å². The van der Waals surface area contributed by atoms with Gasteiger partial charge in [0.05, 0.1) is 10.5 Å². The van der Waals surface area contributed by atoms with Crippen molar-refractivity contribution in [2.45, 2.75) is 24.2 Å². The summed E-state index contributed by atoms with van der Waals surface area (Å²) >= 11 is 5.87. The van der Waals surface area contributed by atoms with Crippen LogP contribution >= 0.6 is 11.6 Å². The number of sulfonamides is 1. The number of hydrogen-bond acceptors (Lipinski definition) is 4. The van der Waals surface area contributed by atoms with E-state index >= 15 is 0 Å². The molecule has 7 nitrogen and oxygen atoms in total. The Hall–Kier alpha value is -3.36. The van der Waals surface area contributed by atoms with Gasteiger partial charge in [0.15, 0.2) is 0 Å². The summed E-state index contributed by atoms with van der Waals surface area (Å²) in [5.74, 6) is -1.40. The van der Waals surface area contributed by atoms with Crippen molar-refractivity contribution in [3.63, 3.8) is 0 Å². The number of rotatable bonds is 6. The molecule has 0 spiro atoms. The number of hydrogen-bond donors (Lipinski definition) is 2. The number of aromatic carboxylic acids is 1. The lowest BCUT2D eigenvalue weighted by molar-refractivity contribution is 0.0696. The van der Waals surface area contributed by atoms with Crippen LogP contribution in [0.3, 0.4) is 0 Å². The van der Waals surface area contributed by atoms with Crippen molar-refractivity contribution in [1.82, 2.24) is 0 Å². The lowest BCUT2D eigenvalue weighted by Crippen LogP contribution is -2.26. The molecular weight excluding hydrogens is 464 g/mol. The standard InChI is InChI=1S/C24H21ClN2O5S/c1-27(23(28)15-5-7-18(25)8-6-15)20-11-9-19(10-12-20)26-33(31,32)22-14-17(24(29)30)13-16-3-2-4-21(16)22/h5-14,26H,2-4H2,1H3,(H,29,30). The van der Waals surface area contributed by atoms with Gasteiger partial charge < -0.3 is 10.0 Å². The fourth-order valence-electron chi connectivity index (χ4n) is 3.90. The Morgan fingerprint density at radius 2 is 1.64 bits per heavy atom. The lowest BCUT2D eigenvalue weighted by atomic mass is 10.1. The van der Waals surface area contributed by atoms with Gasteiger partial charge in [0, 0.05) is 29.0 Å². The number of aryl methyl sites for hydroxylation is 1. The molecule has 0 bridgehead atoms. The molecular formula is C24H21ClN2O5S. The summed E-state index contributed by atoms with van der Waals surface area (Å²) in [4.78, 5) is 25.6. The summed E-state index contributed by atoms with van der Waals surface area (Å²) in [7, 11) is -2.38. The first-order valence-electron chi connectivity index (χ1n) is 10.2. The molecule has 0 saturated heterocycles. The number of amides is 1. The van der Waals surface area contributed by atoms with Gasteiger partial charge in [0.1, 0.15) is 0 Å². The van der Waals surface area contributed by atoms with Crippen molar-refractivity contribution in [1.29, 1.82) is 0 Å². The van der Waals surface area contributed by atoms with Crippen molar-refractivity contribution in [3.8, 4) is 0 Å². The number of carbonyl (C=O) groups is 2. The molecule has 0 aromatic heterocycles. The Bertz CT molecular complexity index is 1340. The molecule has 1 aliphatic carbocycles. The molecule has 9 heteroatoms. The molecule has 0 radical (unpaired) electrons. The highest BCUT2D eigenvalue weighted by Crippen LogP contribution is 2.31. The molecule has 33 heavy (non-hydrogen) atoms. The average Bonchev–Trinajstić information content (AvgIpc) is 3.27. The van der Waals surface area contributed by atoms with Crippen LogP contribution in [0.5, 0.6) is 0 Å². The van der Waals surface area contributed by atoms with Crippen LogP contribution in [-0.4, -0.2) is 32.4 Å². The number of carbonyl (C=O) groups excluding carboxylic acids is 1. The van der Waals surface area contributed by atoms with Crippen LogP contribution < -0.4 is 9.62 Å². The van der Waals surface area contributed by atoms with Crippen molar-refractivity contribution in [2.24, 2.45) is 0 Å². The van der Waals surface area contributed by atoms with Gasteiger partial charge in [0.2, 0.25) is 0 Å². The molecule has 170 valence electrons. The highest BCUT2D eigenvalue weighted by atomic mass is 35.5. The second-order valence-corrected chi connectivity index (χ2v) is 9.88. The Morgan fingerprint density at radius 3 is 2.27 bits per heavy atom. The molecule has 0 aliphatic heterocycles. The first kappa shape index (κ1) is 22.8. The maximum Gasteiger partial charge on any atom is 0.335 e. The Morgan fingerprint density at radius 1 is 0.970 bits per heavy atom. The first-order chi connectivity index (χ1) is 15.7. The number of halogens is 1. The SMILES string of the molecule is CN(C(=O)c1ccc(Cl)cc1)c1ccc(NS(=O)(=O)c2cc(C(=O)O)cc3c2CCC3)cc1. The smallest absolute Gasteiger partial charge is 0.335 e. The van der Waals surface area contributed by atoms with Crippen LogP contribution in [0, 0.1) is 0 Å². The van der Waals surface area contributed by atoms with E-state index in [9.17, 15) is 23.1 Å².